The Hall–Kier alpha value is -3.21. The zero-order chi connectivity index (χ0) is 24.5. The van der Waals surface area contributed by atoms with Crippen LogP contribution in [0.3, 0.4) is 0 Å². The van der Waals surface area contributed by atoms with Crippen LogP contribution in [-0.4, -0.2) is 70.0 Å². The van der Waals surface area contributed by atoms with Gasteiger partial charge in [-0.25, -0.2) is 0 Å². The van der Waals surface area contributed by atoms with Gasteiger partial charge in [0.15, 0.2) is 23.0 Å². The molecule has 0 radical (unpaired) electrons. The lowest BCUT2D eigenvalue weighted by atomic mass is 9.65. The number of hydrogen-bond acceptors (Lipinski definition) is 10. The molecule has 1 saturated heterocycles. The summed E-state index contributed by atoms with van der Waals surface area (Å²) in [7, 11) is 2.95. The molecule has 5 rings (SSSR count). The number of nitrogens with one attached hydrogen (secondary N) is 2. The van der Waals surface area contributed by atoms with Gasteiger partial charge in [-0.3, -0.25) is 4.79 Å². The summed E-state index contributed by atoms with van der Waals surface area (Å²) in [6, 6.07) is 7.26. The van der Waals surface area contributed by atoms with E-state index in [-0.39, 0.29) is 54.5 Å². The topological polar surface area (TPSA) is 128 Å². The number of benzene rings is 2. The highest BCUT2D eigenvalue weighted by atomic mass is 16.7. The van der Waals surface area contributed by atoms with Crippen molar-refractivity contribution in [2.45, 2.75) is 12.0 Å². The third-order valence-corrected chi connectivity index (χ3v) is 7.00. The number of aromatic hydroxyl groups is 1. The van der Waals surface area contributed by atoms with Crippen molar-refractivity contribution in [3.05, 3.63) is 41.0 Å². The predicted octanol–water partition coefficient (Wildman–Crippen LogP) is 1.29. The average Bonchev–Trinajstić information content (AvgIpc) is 3.49. The molecule has 2 heterocycles. The molecule has 188 valence electrons. The monoisotopic (exact) mass is 486 g/mol. The third-order valence-electron chi connectivity index (χ3n) is 7.00. The van der Waals surface area contributed by atoms with Gasteiger partial charge >= 0.3 is 5.97 Å². The van der Waals surface area contributed by atoms with Crippen molar-refractivity contribution in [1.82, 2.24) is 10.6 Å². The van der Waals surface area contributed by atoms with Gasteiger partial charge in [-0.2, -0.15) is 0 Å². The minimum Gasteiger partial charge on any atom is -0.502 e. The molecular formula is C25H30N2O8. The van der Waals surface area contributed by atoms with E-state index in [1.165, 1.54) is 14.2 Å². The molecule has 2 aromatic carbocycles. The molecule has 0 saturated carbocycles. The highest BCUT2D eigenvalue weighted by Gasteiger charge is 2.52. The molecule has 1 fully saturated rings. The second-order valence-corrected chi connectivity index (χ2v) is 8.81. The first kappa shape index (κ1) is 23.5. The Morgan fingerprint density at radius 1 is 0.971 bits per heavy atom. The van der Waals surface area contributed by atoms with Gasteiger partial charge in [-0.05, 0) is 41.0 Å². The molecule has 0 bridgehead atoms. The van der Waals surface area contributed by atoms with Crippen LogP contribution in [0.1, 0.15) is 28.7 Å². The quantitative estimate of drug-likeness (QED) is 0.304. The SMILES string of the molecule is COc1cc([C@@H]2c3cc4c(cc3[C@@H](NCCNCCO)[C@H]3COC(=O)[C@H]23)OCO4)cc(OC)c1O. The van der Waals surface area contributed by atoms with Crippen molar-refractivity contribution in [3.63, 3.8) is 0 Å². The number of rotatable bonds is 9. The van der Waals surface area contributed by atoms with Crippen LogP contribution in [-0.2, 0) is 9.53 Å². The molecule has 4 N–H and O–H groups in total. The minimum atomic E-state index is -0.454. The third kappa shape index (κ3) is 4.11. The summed E-state index contributed by atoms with van der Waals surface area (Å²) in [5, 5.41) is 26.2. The van der Waals surface area contributed by atoms with Crippen molar-refractivity contribution < 1.29 is 38.7 Å². The van der Waals surface area contributed by atoms with E-state index in [4.69, 9.17) is 28.8 Å². The number of fused-ring (bicyclic) bond motifs is 3. The normalized spacial score (nSPS) is 24.0. The van der Waals surface area contributed by atoms with Crippen molar-refractivity contribution >= 4 is 5.97 Å². The van der Waals surface area contributed by atoms with Gasteiger partial charge in [0.25, 0.3) is 0 Å². The fraction of sp³-hybridized carbons (Fsp3) is 0.480. The predicted molar refractivity (Wildman–Crippen MR) is 124 cm³/mol. The van der Waals surface area contributed by atoms with Gasteiger partial charge in [0, 0.05) is 37.5 Å². The fourth-order valence-electron chi connectivity index (χ4n) is 5.44. The highest BCUT2D eigenvalue weighted by Crippen LogP contribution is 2.55. The lowest BCUT2D eigenvalue weighted by Crippen LogP contribution is -2.42. The number of cyclic esters (lactones) is 1. The first-order valence-electron chi connectivity index (χ1n) is 11.7. The molecular weight excluding hydrogens is 456 g/mol. The summed E-state index contributed by atoms with van der Waals surface area (Å²) >= 11 is 0. The van der Waals surface area contributed by atoms with E-state index in [2.05, 4.69) is 10.6 Å². The number of aliphatic hydroxyl groups excluding tert-OH is 1. The maximum Gasteiger partial charge on any atom is 0.310 e. The van der Waals surface area contributed by atoms with Crippen LogP contribution in [0, 0.1) is 11.8 Å². The molecule has 35 heavy (non-hydrogen) atoms. The van der Waals surface area contributed by atoms with Crippen LogP contribution < -0.4 is 29.6 Å². The second-order valence-electron chi connectivity index (χ2n) is 8.81. The van der Waals surface area contributed by atoms with E-state index in [0.717, 1.165) is 16.7 Å². The Kier molecular flexibility index (Phi) is 6.59. The van der Waals surface area contributed by atoms with Crippen LogP contribution in [0.15, 0.2) is 24.3 Å². The Labute approximate surface area is 203 Å². The molecule has 10 heteroatoms. The van der Waals surface area contributed by atoms with Gasteiger partial charge in [-0.1, -0.05) is 0 Å². The first-order valence-corrected chi connectivity index (χ1v) is 11.7. The smallest absolute Gasteiger partial charge is 0.310 e. The number of aliphatic hydroxyl groups is 1. The molecule has 1 aliphatic carbocycles. The lowest BCUT2D eigenvalue weighted by Gasteiger charge is -2.39. The molecule has 4 atom stereocenters. The molecule has 2 aliphatic heterocycles. The van der Waals surface area contributed by atoms with Crippen LogP contribution in [0.5, 0.6) is 28.7 Å². The summed E-state index contributed by atoms with van der Waals surface area (Å²) in [4.78, 5) is 13.1. The zero-order valence-electron chi connectivity index (χ0n) is 19.7. The Bertz CT molecular complexity index is 1080. The fourth-order valence-corrected chi connectivity index (χ4v) is 5.44. The standard InChI is InChI=1S/C25H30N2O8/c1-31-19-7-13(8-20(32-2)24(19)29)21-14-9-17-18(35-12-34-17)10-15(14)23(27-4-3-26-5-6-28)16-11-33-25(30)22(16)21/h7-10,16,21-23,26-29H,3-6,11-12H2,1-2H3/t16-,21+,22-,23+/m0/s1. The first-order chi connectivity index (χ1) is 17.1. The summed E-state index contributed by atoms with van der Waals surface area (Å²) in [5.74, 6) is 0.513. The number of ether oxygens (including phenoxy) is 5. The Balaban J connectivity index is 1.61. The number of carbonyl (C=O) groups is 1. The number of phenols is 1. The molecule has 3 aliphatic rings. The number of hydrogen-bond donors (Lipinski definition) is 4. The van der Waals surface area contributed by atoms with E-state index < -0.39 is 5.92 Å². The van der Waals surface area contributed by atoms with E-state index in [0.29, 0.717) is 37.7 Å². The summed E-state index contributed by atoms with van der Waals surface area (Å²) in [5.41, 5.74) is 2.70. The zero-order valence-corrected chi connectivity index (χ0v) is 19.7. The average molecular weight is 487 g/mol. The van der Waals surface area contributed by atoms with Crippen molar-refractivity contribution in [2.24, 2.45) is 11.8 Å². The van der Waals surface area contributed by atoms with E-state index >= 15 is 0 Å². The largest absolute Gasteiger partial charge is 0.502 e. The van der Waals surface area contributed by atoms with Crippen molar-refractivity contribution in [1.29, 1.82) is 0 Å². The van der Waals surface area contributed by atoms with Crippen molar-refractivity contribution in [2.75, 3.05) is 53.9 Å². The molecule has 2 aromatic rings. The van der Waals surface area contributed by atoms with Gasteiger partial charge in [0.05, 0.1) is 33.4 Å². The Morgan fingerprint density at radius 2 is 1.66 bits per heavy atom. The van der Waals surface area contributed by atoms with E-state index in [1.807, 2.05) is 12.1 Å². The highest BCUT2D eigenvalue weighted by molar-refractivity contribution is 5.79. The van der Waals surface area contributed by atoms with Crippen LogP contribution >= 0.6 is 0 Å². The Morgan fingerprint density at radius 3 is 2.31 bits per heavy atom. The number of methoxy groups -OCH3 is 2. The molecule has 0 amide bonds. The number of esters is 1. The minimum absolute atomic E-state index is 0.0734. The second kappa shape index (κ2) is 9.80. The molecule has 0 unspecified atom stereocenters. The van der Waals surface area contributed by atoms with Gasteiger partial charge < -0.3 is 44.5 Å². The van der Waals surface area contributed by atoms with Gasteiger partial charge in [0.1, 0.15) is 0 Å². The number of carbonyl (C=O) groups excluding carboxylic acids is 1. The molecule has 0 spiro atoms. The van der Waals surface area contributed by atoms with Crippen LogP contribution in [0.25, 0.3) is 0 Å². The van der Waals surface area contributed by atoms with Crippen molar-refractivity contribution in [3.8, 4) is 28.7 Å². The van der Waals surface area contributed by atoms with E-state index in [9.17, 15) is 9.90 Å². The molecule has 10 nitrogen and oxygen atoms in total. The van der Waals surface area contributed by atoms with Crippen LogP contribution in [0.2, 0.25) is 0 Å². The summed E-state index contributed by atoms with van der Waals surface area (Å²) < 4.78 is 27.7. The van der Waals surface area contributed by atoms with Crippen LogP contribution in [0.4, 0.5) is 0 Å². The summed E-state index contributed by atoms with van der Waals surface area (Å²) in [6.07, 6.45) is 0. The lowest BCUT2D eigenvalue weighted by molar-refractivity contribution is -0.141. The number of phenolic OH excluding ortho intramolecular Hbond substituents is 1. The van der Waals surface area contributed by atoms with Gasteiger partial charge in [-0.15, -0.1) is 0 Å². The van der Waals surface area contributed by atoms with E-state index in [1.54, 1.807) is 12.1 Å². The maximum absolute atomic E-state index is 13.1. The summed E-state index contributed by atoms with van der Waals surface area (Å²) in [6.45, 7) is 2.33. The molecule has 0 aromatic heterocycles. The van der Waals surface area contributed by atoms with Gasteiger partial charge in [0.2, 0.25) is 12.5 Å². The maximum atomic E-state index is 13.1.